The van der Waals surface area contributed by atoms with E-state index in [-0.39, 0.29) is 40.9 Å². The number of imide groups is 2. The van der Waals surface area contributed by atoms with Crippen molar-refractivity contribution in [2.75, 3.05) is 15.5 Å². The molecule has 59 heavy (non-hydrogen) atoms. The van der Waals surface area contributed by atoms with Crippen molar-refractivity contribution in [2.45, 2.75) is 77.0 Å². The first-order valence-electron chi connectivity index (χ1n) is 18.6. The highest BCUT2D eigenvalue weighted by Crippen LogP contribution is 2.35. The molecule has 5 amide bonds. The first-order chi connectivity index (χ1) is 28.1. The Kier molecular flexibility index (Phi) is 10.3. The van der Waals surface area contributed by atoms with Gasteiger partial charge in [-0.2, -0.15) is 19.2 Å². The van der Waals surface area contributed by atoms with Crippen molar-refractivity contribution in [3.63, 3.8) is 0 Å². The highest BCUT2D eigenvalue weighted by molar-refractivity contribution is 6.33. The number of fused-ring (bicyclic) bond motifs is 2. The van der Waals surface area contributed by atoms with Crippen LogP contribution in [-0.4, -0.2) is 76.6 Å². The summed E-state index contributed by atoms with van der Waals surface area (Å²) in [6.07, 6.45) is 9.65. The number of rotatable bonds is 8. The fraction of sp³-hybridized carbons (Fsp3) is 0.308. The van der Waals surface area contributed by atoms with E-state index >= 15 is 0 Å². The van der Waals surface area contributed by atoms with Crippen LogP contribution in [-0.2, 0) is 23.9 Å². The second-order valence-electron chi connectivity index (χ2n) is 15.3. The molecule has 2 aliphatic heterocycles. The van der Waals surface area contributed by atoms with Gasteiger partial charge in [0.05, 0.1) is 35.9 Å². The standard InChI is InChI=1S/C20H16ClFN6O2.C19H20ClN5O4/c21-14-7-12(22)1-4-15(14)25-16-8-17(24-13-2-3-13)28-19(26-16)11(9-23-28)5-10-6-18(29)27-20(10)30;1-19(2,3)29-18(28)24(12-4-5-12)15-8-13(20)22-16-11(9-21-25(15)16)6-10-7-14(26)23-17(10)27/h1,4-5,7-9,13,24H,2-3,6H2,(H,25,26)(H,27,29,30);6,8-9,12H,4-5,7H2,1-3H3,(H,23,26,27)/b10-5+;10-6+. The molecule has 0 spiro atoms. The zero-order valence-corrected chi connectivity index (χ0v) is 33.3. The van der Waals surface area contributed by atoms with E-state index in [1.807, 2.05) is 0 Å². The Morgan fingerprint density at radius 3 is 2.03 bits per heavy atom. The molecule has 4 aliphatic rings. The molecule has 2 saturated carbocycles. The Bertz CT molecular complexity index is 2660. The Balaban J connectivity index is 0.000000164. The summed E-state index contributed by atoms with van der Waals surface area (Å²) in [6, 6.07) is 7.77. The lowest BCUT2D eigenvalue weighted by molar-refractivity contribution is -0.125. The summed E-state index contributed by atoms with van der Waals surface area (Å²) in [7, 11) is 0. The molecular weight excluding hydrogens is 808 g/mol. The van der Waals surface area contributed by atoms with Gasteiger partial charge in [-0.1, -0.05) is 23.2 Å². The molecule has 0 radical (unpaired) electrons. The van der Waals surface area contributed by atoms with E-state index in [4.69, 9.17) is 27.9 Å². The number of carbonyl (C=O) groups is 5. The zero-order chi connectivity index (χ0) is 41.7. The van der Waals surface area contributed by atoms with Crippen molar-refractivity contribution in [1.82, 2.24) is 39.8 Å². The van der Waals surface area contributed by atoms with Gasteiger partial charge in [-0.05, 0) is 76.8 Å². The van der Waals surface area contributed by atoms with Gasteiger partial charge in [-0.15, -0.1) is 0 Å². The molecule has 6 heterocycles. The maximum absolute atomic E-state index is 13.4. The highest BCUT2D eigenvalue weighted by atomic mass is 35.5. The van der Waals surface area contributed by atoms with Gasteiger partial charge < -0.3 is 15.4 Å². The SMILES string of the molecule is CC(C)(C)OC(=O)N(c1cc(Cl)nc2c(/C=C3\CC(=O)NC3=O)cnn12)C1CC1.O=C1C/C(=C\c2cnn3c(NC4CC4)cc(Nc4ccc(F)cc4Cl)nc23)C(=O)N1. The molecule has 2 saturated heterocycles. The summed E-state index contributed by atoms with van der Waals surface area (Å²) in [6.45, 7) is 5.41. The second kappa shape index (κ2) is 15.4. The smallest absolute Gasteiger partial charge is 0.416 e. The van der Waals surface area contributed by atoms with E-state index in [2.05, 4.69) is 41.4 Å². The predicted octanol–water partition coefficient (Wildman–Crippen LogP) is 5.99. The topological polar surface area (TPSA) is 206 Å². The molecule has 1 aromatic carbocycles. The van der Waals surface area contributed by atoms with E-state index in [9.17, 15) is 28.4 Å². The number of ether oxygens (including phenoxy) is 1. The predicted molar refractivity (Wildman–Crippen MR) is 216 cm³/mol. The van der Waals surface area contributed by atoms with Gasteiger partial charge in [0, 0.05) is 46.5 Å². The van der Waals surface area contributed by atoms with Gasteiger partial charge in [-0.3, -0.25) is 34.7 Å². The highest BCUT2D eigenvalue weighted by Gasteiger charge is 2.38. The number of carbonyl (C=O) groups excluding carboxylic acids is 5. The quantitative estimate of drug-likeness (QED) is 0.0808. The molecule has 4 fully saturated rings. The van der Waals surface area contributed by atoms with Crippen LogP contribution in [0.1, 0.15) is 70.4 Å². The molecule has 17 nitrogen and oxygen atoms in total. The van der Waals surface area contributed by atoms with Gasteiger partial charge >= 0.3 is 6.09 Å². The van der Waals surface area contributed by atoms with Crippen LogP contribution in [0.3, 0.4) is 0 Å². The van der Waals surface area contributed by atoms with Crippen molar-refractivity contribution in [2.24, 2.45) is 0 Å². The Hall–Kier alpha value is -6.40. The van der Waals surface area contributed by atoms with Crippen molar-refractivity contribution in [1.29, 1.82) is 0 Å². The molecule has 0 atom stereocenters. The largest absolute Gasteiger partial charge is 0.443 e. The van der Waals surface area contributed by atoms with Crippen LogP contribution in [0, 0.1) is 5.82 Å². The van der Waals surface area contributed by atoms with Crippen LogP contribution in [0.15, 0.2) is 53.9 Å². The maximum atomic E-state index is 13.4. The summed E-state index contributed by atoms with van der Waals surface area (Å²) in [5.41, 5.74) is 2.53. The lowest BCUT2D eigenvalue weighted by Crippen LogP contribution is -2.39. The molecule has 9 rings (SSSR count). The number of aromatic nitrogens is 6. The number of halogens is 3. The molecule has 2 aliphatic carbocycles. The van der Waals surface area contributed by atoms with Crippen molar-refractivity contribution in [3.8, 4) is 0 Å². The number of benzene rings is 1. The Morgan fingerprint density at radius 2 is 1.49 bits per heavy atom. The fourth-order valence-corrected chi connectivity index (χ4v) is 6.71. The van der Waals surface area contributed by atoms with Gasteiger partial charge in [0.25, 0.3) is 11.8 Å². The first kappa shape index (κ1) is 39.4. The molecule has 20 heteroatoms. The Morgan fingerprint density at radius 1 is 0.881 bits per heavy atom. The molecule has 0 bridgehead atoms. The summed E-state index contributed by atoms with van der Waals surface area (Å²) in [5, 5.41) is 20.1. The van der Waals surface area contributed by atoms with E-state index < -0.39 is 29.3 Å². The van der Waals surface area contributed by atoms with Crippen LogP contribution < -0.4 is 26.2 Å². The number of anilines is 4. The number of hydrogen-bond acceptors (Lipinski definition) is 12. The van der Waals surface area contributed by atoms with Crippen molar-refractivity contribution in [3.05, 3.63) is 81.0 Å². The van der Waals surface area contributed by atoms with Crippen molar-refractivity contribution >= 4 is 99.5 Å². The second-order valence-corrected chi connectivity index (χ2v) is 16.1. The average Bonchev–Trinajstić information content (AvgIpc) is 4.02. The molecule has 4 N–H and O–H groups in total. The van der Waals surface area contributed by atoms with Gasteiger partial charge in [0.15, 0.2) is 11.3 Å². The van der Waals surface area contributed by atoms with Crippen LogP contribution in [0.4, 0.5) is 32.3 Å². The number of hydrogen-bond donors (Lipinski definition) is 4. The van der Waals surface area contributed by atoms with Crippen LogP contribution in [0.5, 0.6) is 0 Å². The number of nitrogens with zero attached hydrogens (tertiary/aromatic N) is 7. The third-order valence-electron chi connectivity index (χ3n) is 9.27. The summed E-state index contributed by atoms with van der Waals surface area (Å²) in [5.74, 6) is -0.332. The molecule has 0 unspecified atom stereocenters. The third-order valence-corrected chi connectivity index (χ3v) is 9.78. The van der Waals surface area contributed by atoms with E-state index in [0.717, 1.165) is 31.5 Å². The lowest BCUT2D eigenvalue weighted by atomic mass is 10.1. The van der Waals surface area contributed by atoms with Crippen LogP contribution in [0.25, 0.3) is 23.4 Å². The average molecular weight is 845 g/mol. The summed E-state index contributed by atoms with van der Waals surface area (Å²) in [4.78, 5) is 70.0. The minimum Gasteiger partial charge on any atom is -0.443 e. The fourth-order valence-electron chi connectivity index (χ4n) is 6.31. The van der Waals surface area contributed by atoms with Gasteiger partial charge in [-0.25, -0.2) is 19.2 Å². The number of nitrogens with one attached hydrogen (secondary N) is 4. The lowest BCUT2D eigenvalue weighted by Gasteiger charge is -2.27. The van der Waals surface area contributed by atoms with Crippen LogP contribution in [0.2, 0.25) is 10.2 Å². The van der Waals surface area contributed by atoms with E-state index in [1.54, 1.807) is 60.7 Å². The molecular formula is C39H36Cl2FN11O6. The van der Waals surface area contributed by atoms with E-state index in [1.165, 1.54) is 28.9 Å². The normalized spacial score (nSPS) is 18.0. The molecule has 4 aromatic heterocycles. The van der Waals surface area contributed by atoms with Gasteiger partial charge in [0.1, 0.15) is 34.0 Å². The number of amides is 5. The third kappa shape index (κ3) is 8.87. The van der Waals surface area contributed by atoms with Crippen molar-refractivity contribution < 1.29 is 33.1 Å². The Labute approximate surface area is 345 Å². The van der Waals surface area contributed by atoms with Crippen LogP contribution >= 0.6 is 23.2 Å². The first-order valence-corrected chi connectivity index (χ1v) is 19.4. The minimum absolute atomic E-state index is 0.00393. The van der Waals surface area contributed by atoms with E-state index in [0.29, 0.717) is 56.9 Å². The van der Waals surface area contributed by atoms with Gasteiger partial charge in [0.2, 0.25) is 11.8 Å². The molecule has 304 valence electrons. The summed E-state index contributed by atoms with van der Waals surface area (Å²) >= 11 is 12.4. The monoisotopic (exact) mass is 843 g/mol. The summed E-state index contributed by atoms with van der Waals surface area (Å²) < 4.78 is 22.1. The molecule has 5 aromatic rings. The zero-order valence-electron chi connectivity index (χ0n) is 31.8. The maximum Gasteiger partial charge on any atom is 0.416 e. The minimum atomic E-state index is -0.651.